The predicted molar refractivity (Wildman–Crippen MR) is 118 cm³/mol. The number of hydrogen-bond donors (Lipinski definition) is 1. The number of rotatable bonds is 6. The van der Waals surface area contributed by atoms with Crippen LogP contribution >= 0.6 is 0 Å². The molecule has 0 atom stereocenters. The monoisotopic (exact) mass is 438 g/mol. The van der Waals surface area contributed by atoms with Gasteiger partial charge >= 0.3 is 0 Å². The lowest BCUT2D eigenvalue weighted by molar-refractivity contribution is 0.191. The SMILES string of the molecule is O=c1cnc2ccc(F)cc2n1CCN1CCC(NCc2cc3c(nn2)OCCC3)CC1. The van der Waals surface area contributed by atoms with Crippen LogP contribution in [-0.2, 0) is 19.5 Å². The first-order chi connectivity index (χ1) is 15.7. The second kappa shape index (κ2) is 9.30. The molecule has 1 saturated heterocycles. The lowest BCUT2D eigenvalue weighted by Crippen LogP contribution is -2.43. The van der Waals surface area contributed by atoms with Crippen LogP contribution in [0, 0.1) is 5.82 Å². The van der Waals surface area contributed by atoms with Gasteiger partial charge in [-0.15, -0.1) is 5.10 Å². The van der Waals surface area contributed by atoms with Crippen molar-refractivity contribution in [2.75, 3.05) is 26.2 Å². The third-order valence-corrected chi connectivity index (χ3v) is 6.32. The molecule has 0 radical (unpaired) electrons. The summed E-state index contributed by atoms with van der Waals surface area (Å²) >= 11 is 0. The van der Waals surface area contributed by atoms with Gasteiger partial charge in [0, 0.05) is 31.2 Å². The molecule has 168 valence electrons. The van der Waals surface area contributed by atoms with Crippen molar-refractivity contribution in [3.8, 4) is 5.88 Å². The maximum Gasteiger partial charge on any atom is 0.269 e. The summed E-state index contributed by atoms with van der Waals surface area (Å²) in [7, 11) is 0. The van der Waals surface area contributed by atoms with E-state index in [0.717, 1.165) is 63.2 Å². The molecule has 2 aliphatic rings. The van der Waals surface area contributed by atoms with Crippen LogP contribution in [0.3, 0.4) is 0 Å². The van der Waals surface area contributed by atoms with Crippen molar-refractivity contribution in [1.82, 2.24) is 30.0 Å². The van der Waals surface area contributed by atoms with Gasteiger partial charge in [-0.25, -0.2) is 9.37 Å². The molecule has 4 heterocycles. The molecule has 8 nitrogen and oxygen atoms in total. The highest BCUT2D eigenvalue weighted by atomic mass is 19.1. The molecule has 0 unspecified atom stereocenters. The molecule has 1 N–H and O–H groups in total. The summed E-state index contributed by atoms with van der Waals surface area (Å²) in [6.45, 7) is 4.60. The third kappa shape index (κ3) is 4.63. The molecule has 9 heteroatoms. The molecule has 2 aromatic heterocycles. The van der Waals surface area contributed by atoms with Crippen molar-refractivity contribution < 1.29 is 9.13 Å². The average Bonchev–Trinajstić information content (AvgIpc) is 2.82. The summed E-state index contributed by atoms with van der Waals surface area (Å²) in [5.41, 5.74) is 3.08. The third-order valence-electron chi connectivity index (χ3n) is 6.32. The Morgan fingerprint density at radius 1 is 1.16 bits per heavy atom. The number of nitrogens with zero attached hydrogens (tertiary/aromatic N) is 5. The zero-order valence-electron chi connectivity index (χ0n) is 18.0. The van der Waals surface area contributed by atoms with E-state index in [1.54, 1.807) is 10.6 Å². The van der Waals surface area contributed by atoms with Crippen LogP contribution < -0.4 is 15.6 Å². The van der Waals surface area contributed by atoms with Gasteiger partial charge < -0.3 is 19.5 Å². The number of piperidine rings is 1. The quantitative estimate of drug-likeness (QED) is 0.629. The standard InChI is InChI=1S/C23H27FN6O2/c24-17-3-4-20-21(13-17)30(22(31)15-26-20)10-9-29-7-5-18(6-8-29)25-14-19-12-16-2-1-11-32-23(16)28-27-19/h3-4,12-13,15,18,25H,1-2,5-11,14H2. The molecule has 0 amide bonds. The highest BCUT2D eigenvalue weighted by Crippen LogP contribution is 2.21. The Bertz CT molecular complexity index is 1160. The van der Waals surface area contributed by atoms with Gasteiger partial charge in [-0.05, 0) is 63.0 Å². The molecule has 0 spiro atoms. The minimum absolute atomic E-state index is 0.198. The lowest BCUT2D eigenvalue weighted by atomic mass is 10.0. The number of halogens is 1. The number of fused-ring (bicyclic) bond motifs is 2. The fourth-order valence-corrected chi connectivity index (χ4v) is 4.50. The van der Waals surface area contributed by atoms with Crippen LogP contribution in [0.25, 0.3) is 11.0 Å². The average molecular weight is 439 g/mol. The van der Waals surface area contributed by atoms with Gasteiger partial charge in [0.25, 0.3) is 5.56 Å². The van der Waals surface area contributed by atoms with Gasteiger partial charge in [-0.2, -0.15) is 5.10 Å². The highest BCUT2D eigenvalue weighted by molar-refractivity contribution is 5.74. The summed E-state index contributed by atoms with van der Waals surface area (Å²) in [6, 6.07) is 6.89. The van der Waals surface area contributed by atoms with Crippen molar-refractivity contribution >= 4 is 11.0 Å². The lowest BCUT2D eigenvalue weighted by Gasteiger charge is -2.32. The van der Waals surface area contributed by atoms with E-state index >= 15 is 0 Å². The fraction of sp³-hybridized carbons (Fsp3) is 0.478. The number of hydrogen-bond acceptors (Lipinski definition) is 7. The van der Waals surface area contributed by atoms with E-state index < -0.39 is 0 Å². The second-order valence-corrected chi connectivity index (χ2v) is 8.50. The Balaban J connectivity index is 1.13. The molecule has 32 heavy (non-hydrogen) atoms. The minimum atomic E-state index is -0.360. The number of likely N-dealkylation sites (tertiary alicyclic amines) is 1. The van der Waals surface area contributed by atoms with E-state index in [1.807, 2.05) is 0 Å². The number of aryl methyl sites for hydroxylation is 1. The molecule has 1 fully saturated rings. The van der Waals surface area contributed by atoms with Crippen molar-refractivity contribution in [1.29, 1.82) is 0 Å². The van der Waals surface area contributed by atoms with E-state index in [0.29, 0.717) is 36.0 Å². The molecular formula is C23H27FN6O2. The van der Waals surface area contributed by atoms with Crippen LogP contribution in [0.1, 0.15) is 30.5 Å². The van der Waals surface area contributed by atoms with E-state index in [1.165, 1.54) is 18.3 Å². The fourth-order valence-electron chi connectivity index (χ4n) is 4.50. The van der Waals surface area contributed by atoms with Crippen LogP contribution in [0.15, 0.2) is 35.3 Å². The molecule has 5 rings (SSSR count). The molecule has 0 saturated carbocycles. The summed E-state index contributed by atoms with van der Waals surface area (Å²) in [5.74, 6) is 0.318. The number of ether oxygens (including phenoxy) is 1. The van der Waals surface area contributed by atoms with Gasteiger partial charge in [0.05, 0.1) is 29.5 Å². The van der Waals surface area contributed by atoms with E-state index in [9.17, 15) is 9.18 Å². The largest absolute Gasteiger partial charge is 0.476 e. The smallest absolute Gasteiger partial charge is 0.269 e. The van der Waals surface area contributed by atoms with E-state index in [-0.39, 0.29) is 11.4 Å². The Labute approximate surface area is 185 Å². The maximum atomic E-state index is 13.7. The number of benzene rings is 1. The van der Waals surface area contributed by atoms with Gasteiger partial charge in [0.1, 0.15) is 5.82 Å². The molecule has 0 bridgehead atoms. The first-order valence-corrected chi connectivity index (χ1v) is 11.2. The van der Waals surface area contributed by atoms with Gasteiger partial charge in [0.15, 0.2) is 0 Å². The summed E-state index contributed by atoms with van der Waals surface area (Å²) in [4.78, 5) is 18.8. The second-order valence-electron chi connectivity index (χ2n) is 8.50. The van der Waals surface area contributed by atoms with Crippen LogP contribution in [0.4, 0.5) is 4.39 Å². The van der Waals surface area contributed by atoms with Crippen molar-refractivity contribution in [2.45, 2.75) is 44.8 Å². The van der Waals surface area contributed by atoms with Gasteiger partial charge in [-0.1, -0.05) is 0 Å². The first kappa shape index (κ1) is 21.0. The zero-order valence-corrected chi connectivity index (χ0v) is 18.0. The summed E-state index contributed by atoms with van der Waals surface area (Å²) < 4.78 is 20.8. The molecule has 2 aliphatic heterocycles. The van der Waals surface area contributed by atoms with E-state index in [4.69, 9.17) is 4.74 Å². The van der Waals surface area contributed by atoms with Crippen LogP contribution in [-0.4, -0.2) is 56.9 Å². The Hall–Kier alpha value is -2.91. The maximum absolute atomic E-state index is 13.7. The predicted octanol–water partition coefficient (Wildman–Crippen LogP) is 1.90. The normalized spacial score (nSPS) is 17.3. The minimum Gasteiger partial charge on any atom is -0.476 e. The Morgan fingerprint density at radius 3 is 2.91 bits per heavy atom. The van der Waals surface area contributed by atoms with Crippen LogP contribution in [0.5, 0.6) is 5.88 Å². The molecule has 1 aromatic carbocycles. The summed E-state index contributed by atoms with van der Waals surface area (Å²) in [5, 5.41) is 12.1. The van der Waals surface area contributed by atoms with Crippen molar-refractivity contribution in [3.05, 3.63) is 57.9 Å². The topological polar surface area (TPSA) is 85.2 Å². The zero-order chi connectivity index (χ0) is 21.9. The Kier molecular flexibility index (Phi) is 6.09. The molecule has 0 aliphatic carbocycles. The first-order valence-electron chi connectivity index (χ1n) is 11.2. The summed E-state index contributed by atoms with van der Waals surface area (Å²) in [6.07, 6.45) is 5.40. The molecular weight excluding hydrogens is 411 g/mol. The van der Waals surface area contributed by atoms with Crippen molar-refractivity contribution in [2.24, 2.45) is 0 Å². The number of aromatic nitrogens is 4. The van der Waals surface area contributed by atoms with Gasteiger partial charge in [0.2, 0.25) is 5.88 Å². The number of nitrogens with one attached hydrogen (secondary N) is 1. The highest BCUT2D eigenvalue weighted by Gasteiger charge is 2.20. The van der Waals surface area contributed by atoms with E-state index in [2.05, 4.69) is 31.5 Å². The van der Waals surface area contributed by atoms with Gasteiger partial charge in [-0.3, -0.25) is 4.79 Å². The van der Waals surface area contributed by atoms with Crippen molar-refractivity contribution in [3.63, 3.8) is 0 Å². The molecule has 3 aromatic rings. The van der Waals surface area contributed by atoms with Crippen LogP contribution in [0.2, 0.25) is 0 Å². The Morgan fingerprint density at radius 2 is 2.03 bits per heavy atom.